The van der Waals surface area contributed by atoms with Gasteiger partial charge in [-0.3, -0.25) is 0 Å². The Kier molecular flexibility index (Phi) is 1.55. The molecule has 1 heteroatoms. The second kappa shape index (κ2) is 2.41. The summed E-state index contributed by atoms with van der Waals surface area (Å²) >= 11 is 0.869. The second-order valence-electron chi connectivity index (χ2n) is 2.71. The van der Waals surface area contributed by atoms with Gasteiger partial charge in [-0.25, -0.2) is 0 Å². The minimum absolute atomic E-state index is 0.869. The van der Waals surface area contributed by atoms with E-state index < -0.39 is 0 Å². The third kappa shape index (κ3) is 0.902. The summed E-state index contributed by atoms with van der Waals surface area (Å²) < 4.78 is 0. The molecule has 1 aliphatic heterocycles. The van der Waals surface area contributed by atoms with Crippen molar-refractivity contribution in [3.8, 4) is 0 Å². The average Bonchev–Trinajstić information content (AvgIpc) is 2.36. The second-order valence-corrected chi connectivity index (χ2v) is 4.77. The van der Waals surface area contributed by atoms with Gasteiger partial charge in [-0.15, -0.1) is 0 Å². The van der Waals surface area contributed by atoms with Crippen molar-refractivity contribution in [1.82, 2.24) is 0 Å². The van der Waals surface area contributed by atoms with E-state index >= 15 is 0 Å². The summed E-state index contributed by atoms with van der Waals surface area (Å²) in [6.07, 6.45) is 0. The number of hydrogen-bond acceptors (Lipinski definition) is 0. The zero-order valence-electron chi connectivity index (χ0n) is 6.05. The minimum atomic E-state index is 0.869. The van der Waals surface area contributed by atoms with Crippen LogP contribution in [0.4, 0.5) is 0 Å². The van der Waals surface area contributed by atoms with Crippen LogP contribution in [0.3, 0.4) is 0 Å². The maximum absolute atomic E-state index is 2.27. The summed E-state index contributed by atoms with van der Waals surface area (Å²) in [5, 5.41) is 2.74. The first-order chi connectivity index (χ1) is 4.88. The van der Waals surface area contributed by atoms with E-state index in [-0.39, 0.29) is 0 Å². The van der Waals surface area contributed by atoms with Crippen LogP contribution in [0.1, 0.15) is 16.7 Å². The van der Waals surface area contributed by atoms with Gasteiger partial charge in [0.25, 0.3) is 0 Å². The van der Waals surface area contributed by atoms with Gasteiger partial charge < -0.3 is 0 Å². The van der Waals surface area contributed by atoms with Crippen molar-refractivity contribution >= 4 is 15.0 Å². The van der Waals surface area contributed by atoms with Crippen molar-refractivity contribution in [1.29, 1.82) is 0 Å². The van der Waals surface area contributed by atoms with Crippen LogP contribution in [-0.4, -0.2) is 15.0 Å². The Morgan fingerprint density at radius 1 is 1.30 bits per heavy atom. The number of fused-ring (bicyclic) bond motifs is 1. The van der Waals surface area contributed by atoms with Crippen LogP contribution in [0.2, 0.25) is 0 Å². The van der Waals surface area contributed by atoms with Crippen molar-refractivity contribution in [2.75, 3.05) is 0 Å². The third-order valence-corrected chi connectivity index (χ3v) is 4.13. The molecule has 0 N–H and O–H groups in total. The number of hydrogen-bond donors (Lipinski definition) is 0. The molecule has 0 nitrogen and oxygen atoms in total. The molecule has 0 saturated carbocycles. The van der Waals surface area contributed by atoms with Gasteiger partial charge in [-0.2, -0.15) is 0 Å². The SMILES string of the molecule is Cc1cccc2c1C[Se]C2. The van der Waals surface area contributed by atoms with Gasteiger partial charge in [0.2, 0.25) is 0 Å². The van der Waals surface area contributed by atoms with Crippen LogP contribution in [0.25, 0.3) is 0 Å². The normalized spacial score (nSPS) is 15.3. The summed E-state index contributed by atoms with van der Waals surface area (Å²) in [5.41, 5.74) is 4.75. The zero-order chi connectivity index (χ0) is 6.97. The fraction of sp³-hybridized carbons (Fsp3) is 0.333. The van der Waals surface area contributed by atoms with E-state index in [1.54, 1.807) is 11.1 Å². The van der Waals surface area contributed by atoms with Gasteiger partial charge in [0.05, 0.1) is 0 Å². The molecule has 1 aromatic rings. The van der Waals surface area contributed by atoms with E-state index in [1.165, 1.54) is 16.2 Å². The monoisotopic (exact) mass is 198 g/mol. The molecule has 0 atom stereocenters. The molecule has 52 valence electrons. The molecule has 0 unspecified atom stereocenters. The summed E-state index contributed by atoms with van der Waals surface area (Å²) in [4.78, 5) is 0. The van der Waals surface area contributed by atoms with Gasteiger partial charge in [0.1, 0.15) is 0 Å². The van der Waals surface area contributed by atoms with Gasteiger partial charge in [-0.1, -0.05) is 0 Å². The maximum atomic E-state index is 2.27. The van der Waals surface area contributed by atoms with Crippen molar-refractivity contribution in [3.05, 3.63) is 34.9 Å². The Balaban J connectivity index is 2.59. The molecule has 1 aromatic carbocycles. The molecule has 0 aliphatic carbocycles. The van der Waals surface area contributed by atoms with Crippen molar-refractivity contribution in [3.63, 3.8) is 0 Å². The molecular weight excluding hydrogens is 187 g/mol. The summed E-state index contributed by atoms with van der Waals surface area (Å²) in [7, 11) is 0. The van der Waals surface area contributed by atoms with Gasteiger partial charge in [0.15, 0.2) is 0 Å². The fourth-order valence-electron chi connectivity index (χ4n) is 1.37. The average molecular weight is 197 g/mol. The molecule has 0 amide bonds. The van der Waals surface area contributed by atoms with Crippen LogP contribution < -0.4 is 0 Å². The van der Waals surface area contributed by atoms with Crippen LogP contribution in [0.5, 0.6) is 0 Å². The van der Waals surface area contributed by atoms with E-state index in [0.717, 1.165) is 15.0 Å². The molecule has 0 aromatic heterocycles. The quantitative estimate of drug-likeness (QED) is 0.555. The molecule has 0 saturated heterocycles. The summed E-state index contributed by atoms with van der Waals surface area (Å²) in [6, 6.07) is 6.67. The van der Waals surface area contributed by atoms with Crippen LogP contribution >= 0.6 is 0 Å². The topological polar surface area (TPSA) is 0 Å². The Bertz CT molecular complexity index is 253. The van der Waals surface area contributed by atoms with Crippen molar-refractivity contribution in [2.45, 2.75) is 17.6 Å². The Morgan fingerprint density at radius 3 is 3.00 bits per heavy atom. The molecule has 0 spiro atoms. The van der Waals surface area contributed by atoms with Crippen LogP contribution in [0.15, 0.2) is 18.2 Å². The summed E-state index contributed by atoms with van der Waals surface area (Å²) in [5.74, 6) is 0. The number of aryl methyl sites for hydroxylation is 1. The first-order valence-corrected chi connectivity index (χ1v) is 5.95. The number of rotatable bonds is 0. The molecule has 10 heavy (non-hydrogen) atoms. The molecule has 1 heterocycles. The van der Waals surface area contributed by atoms with Gasteiger partial charge in [0, 0.05) is 0 Å². The molecule has 0 fully saturated rings. The van der Waals surface area contributed by atoms with Gasteiger partial charge >= 0.3 is 67.4 Å². The van der Waals surface area contributed by atoms with E-state index in [0.29, 0.717) is 0 Å². The van der Waals surface area contributed by atoms with E-state index in [4.69, 9.17) is 0 Å². The molecule has 0 radical (unpaired) electrons. The third-order valence-electron chi connectivity index (χ3n) is 2.01. The predicted octanol–water partition coefficient (Wildman–Crippen LogP) is 1.71. The van der Waals surface area contributed by atoms with Crippen LogP contribution in [-0.2, 0) is 10.6 Å². The standard InChI is InChI=1S/C9H10Se/c1-7-3-2-4-8-5-10-6-9(7)8/h2-4H,5-6H2,1H3. The van der Waals surface area contributed by atoms with E-state index in [2.05, 4.69) is 25.1 Å². The fourth-order valence-corrected chi connectivity index (χ4v) is 3.91. The van der Waals surface area contributed by atoms with Crippen molar-refractivity contribution in [2.24, 2.45) is 0 Å². The first kappa shape index (κ1) is 6.45. The van der Waals surface area contributed by atoms with E-state index in [9.17, 15) is 0 Å². The predicted molar refractivity (Wildman–Crippen MR) is 44.3 cm³/mol. The Morgan fingerprint density at radius 2 is 2.20 bits per heavy atom. The molecule has 1 aliphatic rings. The van der Waals surface area contributed by atoms with Crippen LogP contribution in [0, 0.1) is 6.92 Å². The van der Waals surface area contributed by atoms with E-state index in [1.807, 2.05) is 0 Å². The molecular formula is C9H10Se. The number of benzene rings is 1. The summed E-state index contributed by atoms with van der Waals surface area (Å²) in [6.45, 7) is 2.22. The van der Waals surface area contributed by atoms with Gasteiger partial charge in [-0.05, 0) is 0 Å². The Labute approximate surface area is 67.8 Å². The molecule has 2 rings (SSSR count). The zero-order valence-corrected chi connectivity index (χ0v) is 7.77. The van der Waals surface area contributed by atoms with Crippen molar-refractivity contribution < 1.29 is 0 Å². The Hall–Kier alpha value is -0.261. The first-order valence-electron chi connectivity index (χ1n) is 3.53. The molecule has 0 bridgehead atoms.